The van der Waals surface area contributed by atoms with Crippen molar-refractivity contribution in [3.63, 3.8) is 0 Å². The first-order valence-electron chi connectivity index (χ1n) is 8.39. The van der Waals surface area contributed by atoms with Crippen molar-refractivity contribution in [3.05, 3.63) is 105 Å². The number of benzene rings is 3. The molecule has 3 rings (SSSR count). The number of halogens is 1. The number of allylic oxidation sites excluding steroid dienone is 1. The van der Waals surface area contributed by atoms with Crippen LogP contribution in [0.3, 0.4) is 0 Å². The molecule has 0 aliphatic carbocycles. The van der Waals surface area contributed by atoms with Gasteiger partial charge in [0.1, 0.15) is 18.2 Å². The zero-order chi connectivity index (χ0) is 19.9. The number of ether oxygens (including phenoxy) is 1. The molecular formula is C22H15FN2O3. The number of nitrogens with zero attached hydrogens (tertiary/aromatic N) is 2. The van der Waals surface area contributed by atoms with Crippen LogP contribution in [0.5, 0.6) is 5.75 Å². The predicted octanol–water partition coefficient (Wildman–Crippen LogP) is 5.38. The Bertz CT molecular complexity index is 1050. The van der Waals surface area contributed by atoms with Gasteiger partial charge in [0.05, 0.1) is 16.6 Å². The average molecular weight is 374 g/mol. The minimum absolute atomic E-state index is 0.0338. The highest BCUT2D eigenvalue weighted by Gasteiger charge is 2.05. The first-order chi connectivity index (χ1) is 13.5. The maximum Gasteiger partial charge on any atom is 0.269 e. The van der Waals surface area contributed by atoms with Crippen molar-refractivity contribution >= 4 is 17.3 Å². The standard InChI is InChI=1S/C22H15FN2O3/c23-20-3-1-2-18(13-20)19(14-24)12-16-6-10-22(11-7-16)28-15-17-4-8-21(9-5-17)25(26)27/h1-13H,15H2/b19-12-. The van der Waals surface area contributed by atoms with Crippen molar-refractivity contribution in [1.29, 1.82) is 5.26 Å². The minimum atomic E-state index is -0.448. The van der Waals surface area contributed by atoms with Gasteiger partial charge < -0.3 is 4.74 Å². The lowest BCUT2D eigenvalue weighted by Crippen LogP contribution is -1.96. The van der Waals surface area contributed by atoms with E-state index in [4.69, 9.17) is 4.74 Å². The van der Waals surface area contributed by atoms with E-state index in [1.807, 2.05) is 0 Å². The van der Waals surface area contributed by atoms with E-state index in [0.29, 0.717) is 16.9 Å². The maximum absolute atomic E-state index is 13.4. The van der Waals surface area contributed by atoms with E-state index in [9.17, 15) is 19.8 Å². The molecule has 0 fully saturated rings. The summed E-state index contributed by atoms with van der Waals surface area (Å²) in [6, 6.07) is 21.2. The summed E-state index contributed by atoms with van der Waals surface area (Å²) in [5, 5.41) is 20.0. The second-order valence-electron chi connectivity index (χ2n) is 5.96. The highest BCUT2D eigenvalue weighted by molar-refractivity contribution is 5.89. The summed E-state index contributed by atoms with van der Waals surface area (Å²) >= 11 is 0. The zero-order valence-corrected chi connectivity index (χ0v) is 14.7. The van der Waals surface area contributed by atoms with Crippen LogP contribution in [0.2, 0.25) is 0 Å². The van der Waals surface area contributed by atoms with Crippen LogP contribution >= 0.6 is 0 Å². The second kappa shape index (κ2) is 8.60. The summed E-state index contributed by atoms with van der Waals surface area (Å²) in [5.41, 5.74) is 2.50. The maximum atomic E-state index is 13.4. The Morgan fingerprint density at radius 1 is 1.11 bits per heavy atom. The van der Waals surface area contributed by atoms with Crippen molar-refractivity contribution in [2.75, 3.05) is 0 Å². The summed E-state index contributed by atoms with van der Waals surface area (Å²) in [6.45, 7) is 0.278. The van der Waals surface area contributed by atoms with Crippen molar-refractivity contribution in [3.8, 4) is 11.8 Å². The molecule has 0 saturated carbocycles. The van der Waals surface area contributed by atoms with E-state index in [1.165, 1.54) is 24.3 Å². The number of rotatable bonds is 6. The van der Waals surface area contributed by atoms with E-state index in [0.717, 1.165) is 11.1 Å². The summed E-state index contributed by atoms with van der Waals surface area (Å²) < 4.78 is 19.0. The Hall–Kier alpha value is -3.98. The Morgan fingerprint density at radius 2 is 1.82 bits per heavy atom. The highest BCUT2D eigenvalue weighted by Crippen LogP contribution is 2.21. The monoisotopic (exact) mass is 374 g/mol. The molecule has 0 aromatic heterocycles. The van der Waals surface area contributed by atoms with Crippen LogP contribution in [-0.2, 0) is 6.61 Å². The lowest BCUT2D eigenvalue weighted by Gasteiger charge is -2.07. The van der Waals surface area contributed by atoms with Gasteiger partial charge in [0.25, 0.3) is 5.69 Å². The Labute approximate surface area is 161 Å². The lowest BCUT2D eigenvalue weighted by molar-refractivity contribution is -0.384. The molecule has 0 radical (unpaired) electrons. The van der Waals surface area contributed by atoms with E-state index in [1.54, 1.807) is 54.6 Å². The SMILES string of the molecule is N#C/C(=C/c1ccc(OCc2ccc([N+](=O)[O-])cc2)cc1)c1cccc(F)c1. The van der Waals surface area contributed by atoms with Crippen molar-refractivity contribution in [1.82, 2.24) is 0 Å². The van der Waals surface area contributed by atoms with Gasteiger partial charge in [-0.15, -0.1) is 0 Å². The molecule has 0 amide bonds. The van der Waals surface area contributed by atoms with Gasteiger partial charge in [-0.2, -0.15) is 5.26 Å². The van der Waals surface area contributed by atoms with Crippen LogP contribution in [0.15, 0.2) is 72.8 Å². The van der Waals surface area contributed by atoms with Gasteiger partial charge in [-0.3, -0.25) is 10.1 Å². The van der Waals surface area contributed by atoms with Crippen LogP contribution in [0.1, 0.15) is 16.7 Å². The molecule has 0 N–H and O–H groups in total. The molecule has 0 heterocycles. The van der Waals surface area contributed by atoms with Gasteiger partial charge in [0.2, 0.25) is 0 Å². The lowest BCUT2D eigenvalue weighted by atomic mass is 10.0. The fourth-order valence-electron chi connectivity index (χ4n) is 2.54. The van der Waals surface area contributed by atoms with Crippen LogP contribution in [0.4, 0.5) is 10.1 Å². The predicted molar refractivity (Wildman–Crippen MR) is 104 cm³/mol. The molecule has 3 aromatic carbocycles. The van der Waals surface area contributed by atoms with Crippen molar-refractivity contribution in [2.45, 2.75) is 6.61 Å². The quantitative estimate of drug-likeness (QED) is 0.251. The molecule has 0 aliphatic heterocycles. The molecule has 0 spiro atoms. The van der Waals surface area contributed by atoms with E-state index in [-0.39, 0.29) is 12.3 Å². The van der Waals surface area contributed by atoms with Gasteiger partial charge in [-0.05, 0) is 59.2 Å². The van der Waals surface area contributed by atoms with Crippen molar-refractivity contribution < 1.29 is 14.1 Å². The Balaban J connectivity index is 1.67. The number of nitro benzene ring substituents is 1. The summed E-state index contributed by atoms with van der Waals surface area (Å²) in [5.74, 6) is 0.230. The molecule has 28 heavy (non-hydrogen) atoms. The number of non-ortho nitro benzene ring substituents is 1. The average Bonchev–Trinajstić information content (AvgIpc) is 2.71. The van der Waals surface area contributed by atoms with Gasteiger partial charge in [-0.25, -0.2) is 4.39 Å². The molecular weight excluding hydrogens is 359 g/mol. The van der Waals surface area contributed by atoms with Gasteiger partial charge in [0, 0.05) is 12.1 Å². The third-order valence-corrected chi connectivity index (χ3v) is 4.00. The van der Waals surface area contributed by atoms with E-state index in [2.05, 4.69) is 6.07 Å². The highest BCUT2D eigenvalue weighted by atomic mass is 19.1. The fourth-order valence-corrected chi connectivity index (χ4v) is 2.54. The number of nitriles is 1. The number of hydrogen-bond donors (Lipinski definition) is 0. The summed E-state index contributed by atoms with van der Waals surface area (Å²) in [7, 11) is 0. The van der Waals surface area contributed by atoms with E-state index >= 15 is 0 Å². The number of hydrogen-bond acceptors (Lipinski definition) is 4. The molecule has 6 heteroatoms. The molecule has 138 valence electrons. The molecule has 0 atom stereocenters. The first kappa shape index (κ1) is 18.8. The van der Waals surface area contributed by atoms with Crippen LogP contribution in [0.25, 0.3) is 11.6 Å². The van der Waals surface area contributed by atoms with Crippen molar-refractivity contribution in [2.24, 2.45) is 0 Å². The zero-order valence-electron chi connectivity index (χ0n) is 14.7. The second-order valence-corrected chi connectivity index (χ2v) is 5.96. The van der Waals surface area contributed by atoms with E-state index < -0.39 is 10.7 Å². The van der Waals surface area contributed by atoms with Gasteiger partial charge in [0.15, 0.2) is 0 Å². The minimum Gasteiger partial charge on any atom is -0.489 e. The first-order valence-corrected chi connectivity index (χ1v) is 8.39. The fraction of sp³-hybridized carbons (Fsp3) is 0.0455. The smallest absolute Gasteiger partial charge is 0.269 e. The normalized spacial score (nSPS) is 10.9. The van der Waals surface area contributed by atoms with Crippen LogP contribution in [0, 0.1) is 27.3 Å². The molecule has 0 saturated heterocycles. The largest absolute Gasteiger partial charge is 0.489 e. The Kier molecular flexibility index (Phi) is 5.78. The Morgan fingerprint density at radius 3 is 2.43 bits per heavy atom. The summed E-state index contributed by atoms with van der Waals surface area (Å²) in [6.07, 6.45) is 1.68. The molecule has 3 aromatic rings. The summed E-state index contributed by atoms with van der Waals surface area (Å²) in [4.78, 5) is 10.2. The third kappa shape index (κ3) is 4.80. The molecule has 5 nitrogen and oxygen atoms in total. The molecule has 0 bridgehead atoms. The molecule has 0 aliphatic rings. The number of nitro groups is 1. The topological polar surface area (TPSA) is 76.2 Å². The molecule has 0 unspecified atom stereocenters. The van der Waals surface area contributed by atoms with Crippen LogP contribution < -0.4 is 4.74 Å². The van der Waals surface area contributed by atoms with Gasteiger partial charge in [-0.1, -0.05) is 24.3 Å². The van der Waals surface area contributed by atoms with Gasteiger partial charge >= 0.3 is 0 Å². The van der Waals surface area contributed by atoms with Crippen LogP contribution in [-0.4, -0.2) is 4.92 Å². The third-order valence-electron chi connectivity index (χ3n) is 4.00.